The van der Waals surface area contributed by atoms with E-state index in [0.29, 0.717) is 22.9 Å². The Balaban J connectivity index is 2.27. The summed E-state index contributed by atoms with van der Waals surface area (Å²) in [6.45, 7) is 2.25. The zero-order chi connectivity index (χ0) is 14.7. The second-order valence-corrected chi connectivity index (χ2v) is 5.68. The molecule has 0 aliphatic heterocycles. The van der Waals surface area contributed by atoms with Crippen LogP contribution in [-0.4, -0.2) is 7.11 Å². The lowest BCUT2D eigenvalue weighted by molar-refractivity contribution is 0.416. The van der Waals surface area contributed by atoms with Crippen molar-refractivity contribution >= 4 is 33.2 Å². The molecule has 0 saturated heterocycles. The minimum absolute atomic E-state index is 0.296. The maximum atomic E-state index is 13.7. The molecule has 1 N–H and O–H groups in total. The normalized spacial score (nSPS) is 10.4. The van der Waals surface area contributed by atoms with Crippen LogP contribution in [0.4, 0.5) is 10.1 Å². The van der Waals surface area contributed by atoms with Crippen molar-refractivity contribution in [2.75, 3.05) is 12.4 Å². The van der Waals surface area contributed by atoms with Crippen molar-refractivity contribution in [1.82, 2.24) is 0 Å². The molecule has 0 bridgehead atoms. The molecule has 0 heterocycles. The van der Waals surface area contributed by atoms with Crippen LogP contribution in [0.3, 0.4) is 0 Å². The second kappa shape index (κ2) is 6.46. The van der Waals surface area contributed by atoms with Crippen LogP contribution in [0.1, 0.15) is 11.1 Å². The molecule has 0 aliphatic rings. The maximum Gasteiger partial charge on any atom is 0.143 e. The van der Waals surface area contributed by atoms with Crippen molar-refractivity contribution in [1.29, 1.82) is 0 Å². The van der Waals surface area contributed by atoms with Gasteiger partial charge >= 0.3 is 0 Å². The van der Waals surface area contributed by atoms with E-state index in [4.69, 9.17) is 16.3 Å². The number of methoxy groups -OCH3 is 1. The van der Waals surface area contributed by atoms with E-state index in [-0.39, 0.29) is 5.82 Å². The van der Waals surface area contributed by atoms with Crippen molar-refractivity contribution in [2.45, 2.75) is 13.5 Å². The average molecular weight is 359 g/mol. The Bertz CT molecular complexity index is 613. The Morgan fingerprint density at radius 3 is 2.75 bits per heavy atom. The largest absolute Gasteiger partial charge is 0.495 e. The number of hydrogen-bond acceptors (Lipinski definition) is 2. The minimum Gasteiger partial charge on any atom is -0.495 e. The van der Waals surface area contributed by atoms with Crippen LogP contribution < -0.4 is 10.1 Å². The highest BCUT2D eigenvalue weighted by atomic mass is 79.9. The second-order valence-electron chi connectivity index (χ2n) is 4.35. The van der Waals surface area contributed by atoms with Gasteiger partial charge in [-0.25, -0.2) is 4.39 Å². The molecule has 2 aromatic carbocycles. The molecule has 0 unspecified atom stereocenters. The van der Waals surface area contributed by atoms with Crippen molar-refractivity contribution < 1.29 is 9.13 Å². The lowest BCUT2D eigenvalue weighted by Gasteiger charge is -2.15. The summed E-state index contributed by atoms with van der Waals surface area (Å²) in [5.74, 6) is 0.378. The molecule has 5 heteroatoms. The van der Waals surface area contributed by atoms with Gasteiger partial charge in [-0.3, -0.25) is 0 Å². The van der Waals surface area contributed by atoms with Crippen LogP contribution in [0.5, 0.6) is 5.75 Å². The highest BCUT2D eigenvalue weighted by Crippen LogP contribution is 2.33. The number of benzene rings is 2. The summed E-state index contributed by atoms with van der Waals surface area (Å²) >= 11 is 9.43. The number of aryl methyl sites for hydroxylation is 1. The fraction of sp³-hybridized carbons (Fsp3) is 0.200. The molecule has 0 saturated carbocycles. The molecule has 0 spiro atoms. The minimum atomic E-state index is -0.321. The summed E-state index contributed by atoms with van der Waals surface area (Å²) in [6.07, 6.45) is 0. The van der Waals surface area contributed by atoms with Gasteiger partial charge in [0.1, 0.15) is 11.6 Å². The van der Waals surface area contributed by atoms with E-state index in [1.165, 1.54) is 6.07 Å². The molecule has 0 aromatic heterocycles. The van der Waals surface area contributed by atoms with Gasteiger partial charge in [0, 0.05) is 21.6 Å². The zero-order valence-corrected chi connectivity index (χ0v) is 13.5. The predicted octanol–water partition coefficient (Wildman–Crippen LogP) is 5.17. The predicted molar refractivity (Wildman–Crippen MR) is 84.2 cm³/mol. The van der Waals surface area contributed by atoms with Crippen LogP contribution >= 0.6 is 27.5 Å². The molecule has 0 fully saturated rings. The Morgan fingerprint density at radius 1 is 1.35 bits per heavy atom. The summed E-state index contributed by atoms with van der Waals surface area (Å²) in [6, 6.07) is 8.49. The van der Waals surface area contributed by atoms with Gasteiger partial charge in [0.2, 0.25) is 0 Å². The smallest absolute Gasteiger partial charge is 0.143 e. The fourth-order valence-electron chi connectivity index (χ4n) is 1.98. The van der Waals surface area contributed by atoms with E-state index in [2.05, 4.69) is 21.2 Å². The molecule has 0 amide bonds. The van der Waals surface area contributed by atoms with Gasteiger partial charge in [-0.15, -0.1) is 0 Å². The summed E-state index contributed by atoms with van der Waals surface area (Å²) in [7, 11) is 1.60. The summed E-state index contributed by atoms with van der Waals surface area (Å²) < 4.78 is 20.0. The molecular formula is C15H14BrClFNO. The lowest BCUT2D eigenvalue weighted by Crippen LogP contribution is -2.05. The lowest BCUT2D eigenvalue weighted by atomic mass is 10.1. The van der Waals surface area contributed by atoms with E-state index in [9.17, 15) is 4.39 Å². The van der Waals surface area contributed by atoms with E-state index >= 15 is 0 Å². The molecule has 0 aliphatic carbocycles. The number of hydrogen-bond donors (Lipinski definition) is 1. The zero-order valence-electron chi connectivity index (χ0n) is 11.1. The van der Waals surface area contributed by atoms with Crippen LogP contribution in [0.25, 0.3) is 0 Å². The van der Waals surface area contributed by atoms with Crippen molar-refractivity contribution in [3.05, 3.63) is 56.8 Å². The van der Waals surface area contributed by atoms with Crippen LogP contribution in [0.15, 0.2) is 34.8 Å². The third-order valence-corrected chi connectivity index (χ3v) is 3.80. The molecule has 106 valence electrons. The molecule has 0 radical (unpaired) electrons. The Kier molecular flexibility index (Phi) is 4.89. The Morgan fingerprint density at radius 2 is 2.10 bits per heavy atom. The van der Waals surface area contributed by atoms with Gasteiger partial charge in [-0.2, -0.15) is 0 Å². The standard InChI is InChI=1S/C15H14BrClFNO/c1-9-6-10(16)7-14(20-2)15(9)19-8-11-12(17)4-3-5-13(11)18/h3-7,19H,8H2,1-2H3. The average Bonchev–Trinajstić information content (AvgIpc) is 2.39. The number of nitrogens with one attached hydrogen (secondary N) is 1. The molecule has 0 atom stereocenters. The van der Waals surface area contributed by atoms with Gasteiger partial charge in [0.25, 0.3) is 0 Å². The molecule has 2 aromatic rings. The van der Waals surface area contributed by atoms with E-state index < -0.39 is 0 Å². The SMILES string of the molecule is COc1cc(Br)cc(C)c1NCc1c(F)cccc1Cl. The first-order valence-electron chi connectivity index (χ1n) is 6.04. The fourth-order valence-corrected chi connectivity index (χ4v) is 2.76. The monoisotopic (exact) mass is 357 g/mol. The summed E-state index contributed by atoms with van der Waals surface area (Å²) in [5, 5.41) is 3.60. The van der Waals surface area contributed by atoms with E-state index in [1.54, 1.807) is 19.2 Å². The van der Waals surface area contributed by atoms with Gasteiger partial charge in [0.05, 0.1) is 12.8 Å². The van der Waals surface area contributed by atoms with Gasteiger partial charge in [-0.1, -0.05) is 33.6 Å². The first-order valence-corrected chi connectivity index (χ1v) is 7.21. The molecular weight excluding hydrogens is 345 g/mol. The first kappa shape index (κ1) is 15.1. The van der Waals surface area contributed by atoms with Gasteiger partial charge in [-0.05, 0) is 36.8 Å². The van der Waals surface area contributed by atoms with Crippen LogP contribution in [-0.2, 0) is 6.54 Å². The van der Waals surface area contributed by atoms with Crippen molar-refractivity contribution in [3.8, 4) is 5.75 Å². The first-order chi connectivity index (χ1) is 9.52. The highest BCUT2D eigenvalue weighted by molar-refractivity contribution is 9.10. The molecule has 2 rings (SSSR count). The van der Waals surface area contributed by atoms with Crippen LogP contribution in [0, 0.1) is 12.7 Å². The Hall–Kier alpha value is -1.26. The topological polar surface area (TPSA) is 21.3 Å². The van der Waals surface area contributed by atoms with E-state index in [1.807, 2.05) is 19.1 Å². The number of ether oxygens (including phenoxy) is 1. The number of rotatable bonds is 4. The third-order valence-electron chi connectivity index (χ3n) is 2.99. The quantitative estimate of drug-likeness (QED) is 0.814. The van der Waals surface area contributed by atoms with Crippen molar-refractivity contribution in [2.24, 2.45) is 0 Å². The maximum absolute atomic E-state index is 13.7. The molecule has 2 nitrogen and oxygen atoms in total. The highest BCUT2D eigenvalue weighted by Gasteiger charge is 2.11. The Labute approximate surface area is 131 Å². The summed E-state index contributed by atoms with van der Waals surface area (Å²) in [4.78, 5) is 0. The van der Waals surface area contributed by atoms with Gasteiger partial charge in [0.15, 0.2) is 0 Å². The summed E-state index contributed by atoms with van der Waals surface area (Å²) in [5.41, 5.74) is 2.28. The van der Waals surface area contributed by atoms with Gasteiger partial charge < -0.3 is 10.1 Å². The number of halogens is 3. The molecule has 20 heavy (non-hydrogen) atoms. The van der Waals surface area contributed by atoms with E-state index in [0.717, 1.165) is 15.7 Å². The number of anilines is 1. The van der Waals surface area contributed by atoms with Crippen LogP contribution in [0.2, 0.25) is 5.02 Å². The van der Waals surface area contributed by atoms with Crippen molar-refractivity contribution in [3.63, 3.8) is 0 Å². The third kappa shape index (κ3) is 3.25.